The Labute approximate surface area is 142 Å². The molecule has 2 amide bonds. The Kier molecular flexibility index (Phi) is 5.16. The van der Waals surface area contributed by atoms with Gasteiger partial charge < -0.3 is 20.3 Å². The molecule has 1 aromatic rings. The molecule has 3 rings (SSSR count). The van der Waals surface area contributed by atoms with Gasteiger partial charge in [0, 0.05) is 31.6 Å². The van der Waals surface area contributed by atoms with Crippen molar-refractivity contribution in [1.82, 2.24) is 9.80 Å². The van der Waals surface area contributed by atoms with E-state index in [1.807, 2.05) is 17.0 Å². The maximum absolute atomic E-state index is 12.7. The summed E-state index contributed by atoms with van der Waals surface area (Å²) >= 11 is 0. The summed E-state index contributed by atoms with van der Waals surface area (Å²) < 4.78 is 5.84. The Morgan fingerprint density at radius 3 is 2.88 bits per heavy atom. The normalized spacial score (nSPS) is 24.5. The molecule has 0 radical (unpaired) electrons. The van der Waals surface area contributed by atoms with E-state index in [-0.39, 0.29) is 18.1 Å². The van der Waals surface area contributed by atoms with Crippen LogP contribution in [0.2, 0.25) is 0 Å². The number of rotatable bonds is 4. The Hall–Kier alpha value is -1.92. The van der Waals surface area contributed by atoms with E-state index >= 15 is 0 Å². The largest absolute Gasteiger partial charge is 0.374 e. The average molecular weight is 331 g/mol. The molecule has 6 heteroatoms. The highest BCUT2D eigenvalue weighted by Gasteiger charge is 2.38. The molecule has 2 N–H and O–H groups in total. The third-order valence-electron chi connectivity index (χ3n) is 5.00. The molecule has 0 spiro atoms. The van der Waals surface area contributed by atoms with Crippen molar-refractivity contribution in [1.29, 1.82) is 0 Å². The van der Waals surface area contributed by atoms with Gasteiger partial charge in [0.15, 0.2) is 0 Å². The number of fused-ring (bicyclic) bond motifs is 1. The smallest absolute Gasteiger partial charge is 0.248 e. The first kappa shape index (κ1) is 16.9. The molecule has 2 fully saturated rings. The zero-order chi connectivity index (χ0) is 17.1. The number of primary amides is 1. The van der Waals surface area contributed by atoms with Crippen LogP contribution in [0, 0.1) is 0 Å². The molecular formula is C18H25N3O3. The number of likely N-dealkylation sites (N-methyl/N-ethyl adjacent to an activating group) is 1. The van der Waals surface area contributed by atoms with E-state index in [1.165, 1.54) is 0 Å². The van der Waals surface area contributed by atoms with Crippen LogP contribution < -0.4 is 5.73 Å². The van der Waals surface area contributed by atoms with Gasteiger partial charge in [-0.25, -0.2) is 0 Å². The third kappa shape index (κ3) is 3.60. The molecule has 0 aliphatic carbocycles. The lowest BCUT2D eigenvalue weighted by Crippen LogP contribution is -2.60. The number of carbonyl (C=O) groups is 2. The van der Waals surface area contributed by atoms with Crippen molar-refractivity contribution < 1.29 is 14.3 Å². The fourth-order valence-electron chi connectivity index (χ4n) is 3.70. The maximum atomic E-state index is 12.7. The molecule has 2 aliphatic heterocycles. The van der Waals surface area contributed by atoms with Gasteiger partial charge in [-0.3, -0.25) is 9.59 Å². The van der Waals surface area contributed by atoms with Crippen molar-refractivity contribution in [2.24, 2.45) is 5.73 Å². The standard InChI is InChI=1S/C18H25N3O3/c1-20-9-8-16-15(12-20)21(10-11-24-16)17(22)7-6-13-4-2-3-5-14(13)18(19)23/h2-5,15-16H,6-12H2,1H3,(H2,19,23). The molecule has 130 valence electrons. The Morgan fingerprint density at radius 1 is 1.29 bits per heavy atom. The number of hydrogen-bond donors (Lipinski definition) is 1. The van der Waals surface area contributed by atoms with E-state index in [1.54, 1.807) is 12.1 Å². The van der Waals surface area contributed by atoms with Gasteiger partial charge in [-0.2, -0.15) is 0 Å². The number of amides is 2. The zero-order valence-electron chi connectivity index (χ0n) is 14.1. The quantitative estimate of drug-likeness (QED) is 0.879. The maximum Gasteiger partial charge on any atom is 0.248 e. The number of likely N-dealkylation sites (tertiary alicyclic amines) is 1. The van der Waals surface area contributed by atoms with Gasteiger partial charge in [0.05, 0.1) is 18.8 Å². The lowest BCUT2D eigenvalue weighted by atomic mass is 9.97. The van der Waals surface area contributed by atoms with Crippen molar-refractivity contribution in [2.75, 3.05) is 33.3 Å². The second kappa shape index (κ2) is 7.32. The first-order chi connectivity index (χ1) is 11.6. The molecule has 2 unspecified atom stereocenters. The first-order valence-electron chi connectivity index (χ1n) is 8.53. The van der Waals surface area contributed by atoms with Crippen LogP contribution in [0.1, 0.15) is 28.8 Å². The number of morpholine rings is 1. The summed E-state index contributed by atoms with van der Waals surface area (Å²) in [7, 11) is 2.08. The SMILES string of the molecule is CN1CCC2OCCN(C(=O)CCc3ccccc3C(N)=O)C2C1. The summed E-state index contributed by atoms with van der Waals surface area (Å²) in [6.07, 6.45) is 2.03. The topological polar surface area (TPSA) is 75.9 Å². The number of piperidine rings is 1. The molecule has 0 bridgehead atoms. The van der Waals surface area contributed by atoms with Crippen molar-refractivity contribution >= 4 is 11.8 Å². The minimum Gasteiger partial charge on any atom is -0.374 e. The van der Waals surface area contributed by atoms with Crippen LogP contribution in [-0.2, 0) is 16.0 Å². The van der Waals surface area contributed by atoms with Crippen molar-refractivity contribution in [3.05, 3.63) is 35.4 Å². The molecule has 2 saturated heterocycles. The third-order valence-corrected chi connectivity index (χ3v) is 5.00. The lowest BCUT2D eigenvalue weighted by molar-refractivity contribution is -0.151. The average Bonchev–Trinajstić information content (AvgIpc) is 2.59. The molecule has 1 aromatic carbocycles. The monoisotopic (exact) mass is 331 g/mol. The van der Waals surface area contributed by atoms with Gasteiger partial charge >= 0.3 is 0 Å². The number of carbonyl (C=O) groups excluding carboxylic acids is 2. The Morgan fingerprint density at radius 2 is 2.08 bits per heavy atom. The molecule has 0 saturated carbocycles. The molecule has 6 nitrogen and oxygen atoms in total. The van der Waals surface area contributed by atoms with Gasteiger partial charge in [-0.15, -0.1) is 0 Å². The minimum absolute atomic E-state index is 0.128. The summed E-state index contributed by atoms with van der Waals surface area (Å²) in [5, 5.41) is 0. The lowest BCUT2D eigenvalue weighted by Gasteiger charge is -2.46. The van der Waals surface area contributed by atoms with Crippen molar-refractivity contribution in [2.45, 2.75) is 31.4 Å². The van der Waals surface area contributed by atoms with Crippen LogP contribution in [0.5, 0.6) is 0 Å². The van der Waals surface area contributed by atoms with Crippen LogP contribution in [0.3, 0.4) is 0 Å². The van der Waals surface area contributed by atoms with E-state index in [4.69, 9.17) is 10.5 Å². The molecule has 2 aliphatic rings. The number of ether oxygens (including phenoxy) is 1. The van der Waals surface area contributed by atoms with Crippen LogP contribution in [0.4, 0.5) is 0 Å². The van der Waals surface area contributed by atoms with Gasteiger partial charge in [-0.05, 0) is 31.5 Å². The Bertz CT molecular complexity index is 619. The number of aryl methyl sites for hydroxylation is 1. The van der Waals surface area contributed by atoms with E-state index in [0.717, 1.165) is 25.1 Å². The van der Waals surface area contributed by atoms with Gasteiger partial charge in [0.25, 0.3) is 0 Å². The fourth-order valence-corrected chi connectivity index (χ4v) is 3.70. The van der Waals surface area contributed by atoms with E-state index in [9.17, 15) is 9.59 Å². The van der Waals surface area contributed by atoms with Crippen LogP contribution in [-0.4, -0.2) is 67.0 Å². The van der Waals surface area contributed by atoms with E-state index in [0.29, 0.717) is 31.6 Å². The molecule has 0 aromatic heterocycles. The first-order valence-corrected chi connectivity index (χ1v) is 8.53. The number of benzene rings is 1. The van der Waals surface area contributed by atoms with Crippen molar-refractivity contribution in [3.63, 3.8) is 0 Å². The second-order valence-electron chi connectivity index (χ2n) is 6.64. The Balaban J connectivity index is 1.65. The number of hydrogen-bond acceptors (Lipinski definition) is 4. The van der Waals surface area contributed by atoms with Gasteiger partial charge in [-0.1, -0.05) is 18.2 Å². The van der Waals surface area contributed by atoms with E-state index < -0.39 is 5.91 Å². The summed E-state index contributed by atoms with van der Waals surface area (Å²) in [6.45, 7) is 3.11. The fraction of sp³-hybridized carbons (Fsp3) is 0.556. The molecule has 2 atom stereocenters. The second-order valence-corrected chi connectivity index (χ2v) is 6.64. The summed E-state index contributed by atoms with van der Waals surface area (Å²) in [4.78, 5) is 28.5. The van der Waals surface area contributed by atoms with Crippen molar-refractivity contribution in [3.8, 4) is 0 Å². The highest BCUT2D eigenvalue weighted by atomic mass is 16.5. The molecule has 2 heterocycles. The van der Waals surface area contributed by atoms with E-state index in [2.05, 4.69) is 11.9 Å². The van der Waals surface area contributed by atoms with Crippen LogP contribution >= 0.6 is 0 Å². The predicted octanol–water partition coefficient (Wildman–Crippen LogP) is 0.650. The molecule has 24 heavy (non-hydrogen) atoms. The highest BCUT2D eigenvalue weighted by molar-refractivity contribution is 5.94. The van der Waals surface area contributed by atoms with Gasteiger partial charge in [0.1, 0.15) is 0 Å². The number of nitrogens with zero attached hydrogens (tertiary/aromatic N) is 2. The summed E-state index contributed by atoms with van der Waals surface area (Å²) in [6, 6.07) is 7.37. The predicted molar refractivity (Wildman–Crippen MR) is 90.6 cm³/mol. The zero-order valence-corrected chi connectivity index (χ0v) is 14.1. The summed E-state index contributed by atoms with van der Waals surface area (Å²) in [5.41, 5.74) is 6.75. The minimum atomic E-state index is -0.446. The van der Waals surface area contributed by atoms with Gasteiger partial charge in [0.2, 0.25) is 11.8 Å². The van der Waals surface area contributed by atoms with Crippen LogP contribution in [0.15, 0.2) is 24.3 Å². The molecular weight excluding hydrogens is 306 g/mol. The summed E-state index contributed by atoms with van der Waals surface area (Å²) in [5.74, 6) is -0.318. The number of nitrogens with two attached hydrogens (primary N) is 1. The highest BCUT2D eigenvalue weighted by Crippen LogP contribution is 2.23. The van der Waals surface area contributed by atoms with Crippen LogP contribution in [0.25, 0.3) is 0 Å².